The lowest BCUT2D eigenvalue weighted by molar-refractivity contribution is -0.154. The molecular formula is C8H17ClO2. The molecule has 0 N–H and O–H groups in total. The molecule has 0 saturated heterocycles. The van der Waals surface area contributed by atoms with E-state index in [0.29, 0.717) is 6.42 Å². The average molecular weight is 181 g/mol. The Kier molecular flexibility index (Phi) is 6.58. The molecule has 0 saturated carbocycles. The molecule has 68 valence electrons. The van der Waals surface area contributed by atoms with Crippen molar-refractivity contribution >= 4 is 18.4 Å². The summed E-state index contributed by atoms with van der Waals surface area (Å²) in [6.07, 6.45) is 1.38. The summed E-state index contributed by atoms with van der Waals surface area (Å²) in [4.78, 5) is 10.8. The highest BCUT2D eigenvalue weighted by Gasteiger charge is 2.14. The third-order valence-electron chi connectivity index (χ3n) is 0.874. The molecule has 0 aromatic carbocycles. The minimum Gasteiger partial charge on any atom is -0.460 e. The van der Waals surface area contributed by atoms with Gasteiger partial charge in [0.1, 0.15) is 5.60 Å². The fourth-order valence-electron chi connectivity index (χ4n) is 0.597. The largest absolute Gasteiger partial charge is 0.460 e. The number of hydrogen-bond acceptors (Lipinski definition) is 2. The molecule has 0 atom stereocenters. The zero-order valence-corrected chi connectivity index (χ0v) is 8.46. The molecule has 0 aromatic rings. The summed E-state index contributed by atoms with van der Waals surface area (Å²) in [5, 5.41) is 0. The Morgan fingerprint density at radius 2 is 1.82 bits per heavy atom. The SMILES string of the molecule is CCCC(=O)OC(C)(C)C.Cl. The van der Waals surface area contributed by atoms with Crippen molar-refractivity contribution in [2.75, 3.05) is 0 Å². The smallest absolute Gasteiger partial charge is 0.306 e. The number of esters is 1. The first-order valence-electron chi connectivity index (χ1n) is 3.67. The second kappa shape index (κ2) is 5.42. The van der Waals surface area contributed by atoms with E-state index in [4.69, 9.17) is 4.74 Å². The molecule has 0 bridgehead atoms. The van der Waals surface area contributed by atoms with Gasteiger partial charge >= 0.3 is 5.97 Å². The molecule has 0 fully saturated rings. The van der Waals surface area contributed by atoms with Crippen molar-refractivity contribution in [2.24, 2.45) is 0 Å². The number of halogens is 1. The number of carbonyl (C=O) groups excluding carboxylic acids is 1. The number of rotatable bonds is 2. The topological polar surface area (TPSA) is 26.3 Å². The molecule has 0 radical (unpaired) electrons. The number of ether oxygens (including phenoxy) is 1. The van der Waals surface area contributed by atoms with Crippen LogP contribution in [0.2, 0.25) is 0 Å². The van der Waals surface area contributed by atoms with Crippen molar-refractivity contribution in [3.05, 3.63) is 0 Å². The van der Waals surface area contributed by atoms with Gasteiger partial charge in [-0.2, -0.15) is 0 Å². The van der Waals surface area contributed by atoms with E-state index in [0.717, 1.165) is 6.42 Å². The van der Waals surface area contributed by atoms with E-state index >= 15 is 0 Å². The molecule has 0 unspecified atom stereocenters. The minimum absolute atomic E-state index is 0. The van der Waals surface area contributed by atoms with Crippen LogP contribution in [0.15, 0.2) is 0 Å². The molecule has 0 aliphatic rings. The van der Waals surface area contributed by atoms with Crippen molar-refractivity contribution in [3.8, 4) is 0 Å². The number of hydrogen-bond donors (Lipinski definition) is 0. The fraction of sp³-hybridized carbons (Fsp3) is 0.875. The van der Waals surface area contributed by atoms with E-state index in [1.165, 1.54) is 0 Å². The highest BCUT2D eigenvalue weighted by molar-refractivity contribution is 5.85. The van der Waals surface area contributed by atoms with Gasteiger partial charge in [0.25, 0.3) is 0 Å². The van der Waals surface area contributed by atoms with E-state index in [-0.39, 0.29) is 24.0 Å². The molecule has 0 heterocycles. The number of carbonyl (C=O) groups is 1. The lowest BCUT2D eigenvalue weighted by Gasteiger charge is -2.18. The predicted octanol–water partition coefficient (Wildman–Crippen LogP) is 2.55. The lowest BCUT2D eigenvalue weighted by Crippen LogP contribution is -2.23. The second-order valence-electron chi connectivity index (χ2n) is 3.34. The van der Waals surface area contributed by atoms with E-state index in [9.17, 15) is 4.79 Å². The quantitative estimate of drug-likeness (QED) is 0.611. The van der Waals surface area contributed by atoms with Gasteiger partial charge in [-0.05, 0) is 27.2 Å². The van der Waals surface area contributed by atoms with Crippen LogP contribution in [0.4, 0.5) is 0 Å². The van der Waals surface area contributed by atoms with Crippen LogP contribution in [0, 0.1) is 0 Å². The van der Waals surface area contributed by atoms with E-state index in [1.54, 1.807) is 0 Å². The van der Waals surface area contributed by atoms with Crippen molar-refractivity contribution in [1.82, 2.24) is 0 Å². The van der Waals surface area contributed by atoms with Gasteiger partial charge in [-0.15, -0.1) is 12.4 Å². The molecule has 0 aliphatic carbocycles. The van der Waals surface area contributed by atoms with Crippen molar-refractivity contribution in [1.29, 1.82) is 0 Å². The molecule has 0 aliphatic heterocycles. The Balaban J connectivity index is 0. The molecule has 0 aromatic heterocycles. The van der Waals surface area contributed by atoms with Crippen molar-refractivity contribution in [3.63, 3.8) is 0 Å². The Hall–Kier alpha value is -0.240. The van der Waals surface area contributed by atoms with Crippen LogP contribution >= 0.6 is 12.4 Å². The summed E-state index contributed by atoms with van der Waals surface area (Å²) < 4.78 is 5.04. The first kappa shape index (κ1) is 13.4. The molecule has 3 heteroatoms. The maximum Gasteiger partial charge on any atom is 0.306 e. The standard InChI is InChI=1S/C8H16O2.ClH/c1-5-6-7(9)10-8(2,3)4;/h5-6H2,1-4H3;1H. The zero-order chi connectivity index (χ0) is 8.20. The third kappa shape index (κ3) is 9.76. The highest BCUT2D eigenvalue weighted by Crippen LogP contribution is 2.08. The predicted molar refractivity (Wildman–Crippen MR) is 48.0 cm³/mol. The summed E-state index contributed by atoms with van der Waals surface area (Å²) in [7, 11) is 0. The molecule has 0 amide bonds. The maximum atomic E-state index is 10.8. The van der Waals surface area contributed by atoms with Crippen molar-refractivity contribution < 1.29 is 9.53 Å². The summed E-state index contributed by atoms with van der Waals surface area (Å²) >= 11 is 0. The second-order valence-corrected chi connectivity index (χ2v) is 3.34. The highest BCUT2D eigenvalue weighted by atomic mass is 35.5. The Morgan fingerprint density at radius 1 is 1.36 bits per heavy atom. The Morgan fingerprint density at radius 3 is 2.09 bits per heavy atom. The van der Waals surface area contributed by atoms with Gasteiger partial charge in [0, 0.05) is 6.42 Å². The van der Waals surface area contributed by atoms with Gasteiger partial charge in [-0.3, -0.25) is 4.79 Å². The van der Waals surface area contributed by atoms with Crippen LogP contribution in [-0.4, -0.2) is 11.6 Å². The van der Waals surface area contributed by atoms with Crippen LogP contribution in [0.25, 0.3) is 0 Å². The molecular weight excluding hydrogens is 164 g/mol. The van der Waals surface area contributed by atoms with Gasteiger partial charge < -0.3 is 4.74 Å². The third-order valence-corrected chi connectivity index (χ3v) is 0.874. The van der Waals surface area contributed by atoms with E-state index in [1.807, 2.05) is 27.7 Å². The van der Waals surface area contributed by atoms with Gasteiger partial charge in [0.15, 0.2) is 0 Å². The maximum absolute atomic E-state index is 10.8. The normalized spacial score (nSPS) is 10.2. The average Bonchev–Trinajstić information content (AvgIpc) is 1.59. The zero-order valence-electron chi connectivity index (χ0n) is 7.64. The van der Waals surface area contributed by atoms with Gasteiger partial charge in [-0.1, -0.05) is 6.92 Å². The van der Waals surface area contributed by atoms with Gasteiger partial charge in [0.2, 0.25) is 0 Å². The van der Waals surface area contributed by atoms with Gasteiger partial charge in [-0.25, -0.2) is 0 Å². The molecule has 0 rings (SSSR count). The van der Waals surface area contributed by atoms with E-state index < -0.39 is 0 Å². The summed E-state index contributed by atoms with van der Waals surface area (Å²) in [6, 6.07) is 0. The molecule has 0 spiro atoms. The van der Waals surface area contributed by atoms with Crippen LogP contribution in [0.3, 0.4) is 0 Å². The Labute approximate surface area is 74.7 Å². The molecule has 11 heavy (non-hydrogen) atoms. The van der Waals surface area contributed by atoms with Crippen LogP contribution in [0.1, 0.15) is 40.5 Å². The minimum atomic E-state index is -0.327. The van der Waals surface area contributed by atoms with Crippen LogP contribution < -0.4 is 0 Å². The van der Waals surface area contributed by atoms with Crippen molar-refractivity contribution in [2.45, 2.75) is 46.1 Å². The first-order chi connectivity index (χ1) is 4.45. The monoisotopic (exact) mass is 180 g/mol. The van der Waals surface area contributed by atoms with Crippen LogP contribution in [-0.2, 0) is 9.53 Å². The molecule has 2 nitrogen and oxygen atoms in total. The summed E-state index contributed by atoms with van der Waals surface area (Å²) in [5.41, 5.74) is -0.327. The van der Waals surface area contributed by atoms with Crippen LogP contribution in [0.5, 0.6) is 0 Å². The van der Waals surface area contributed by atoms with E-state index in [2.05, 4.69) is 0 Å². The summed E-state index contributed by atoms with van der Waals surface area (Å²) in [6.45, 7) is 7.59. The fourth-order valence-corrected chi connectivity index (χ4v) is 0.597. The lowest BCUT2D eigenvalue weighted by atomic mass is 10.2. The first-order valence-corrected chi connectivity index (χ1v) is 3.67. The van der Waals surface area contributed by atoms with Gasteiger partial charge in [0.05, 0.1) is 0 Å². The Bertz CT molecular complexity index is 116. The summed E-state index contributed by atoms with van der Waals surface area (Å²) in [5.74, 6) is -0.102.